The van der Waals surface area contributed by atoms with Crippen LogP contribution in [-0.2, 0) is 4.79 Å². The normalized spacial score (nSPS) is 21.9. The zero-order chi connectivity index (χ0) is 10.1. The van der Waals surface area contributed by atoms with Crippen LogP contribution in [0, 0.1) is 10.7 Å². The molecule has 5 nitrogen and oxygen atoms in total. The lowest BCUT2D eigenvalue weighted by atomic mass is 10.1. The van der Waals surface area contributed by atoms with Crippen LogP contribution in [0.4, 0.5) is 5.95 Å². The van der Waals surface area contributed by atoms with Gasteiger partial charge in [0.15, 0.2) is 0 Å². The number of hydrogen-bond donors (Lipinski definition) is 3. The lowest BCUT2D eigenvalue weighted by Gasteiger charge is -2.11. The summed E-state index contributed by atoms with van der Waals surface area (Å²) in [4.78, 5) is 17.1. The Balaban J connectivity index is 2.20. The maximum absolute atomic E-state index is 11.5. The molecular formula is C7H10N4OS2. The smallest absolute Gasteiger partial charge is 0.229 e. The molecule has 2 rings (SSSR count). The van der Waals surface area contributed by atoms with Crippen LogP contribution in [0.25, 0.3) is 0 Å². The number of nitrogens with zero attached hydrogens (tertiary/aromatic N) is 2. The van der Waals surface area contributed by atoms with Crippen molar-refractivity contribution >= 4 is 36.7 Å². The number of aromatic nitrogens is 3. The number of nitrogens with one attached hydrogen (secondary N) is 2. The molecule has 0 saturated carbocycles. The molecule has 76 valence electrons. The third-order valence-electron chi connectivity index (χ3n) is 2.21. The van der Waals surface area contributed by atoms with E-state index in [2.05, 4.69) is 27.8 Å². The van der Waals surface area contributed by atoms with Crippen molar-refractivity contribution in [3.8, 4) is 0 Å². The third kappa shape index (κ3) is 1.69. The third-order valence-corrected chi connectivity index (χ3v) is 2.92. The van der Waals surface area contributed by atoms with E-state index < -0.39 is 0 Å². The number of aromatic amines is 2. The predicted octanol–water partition coefficient (Wildman–Crippen LogP) is 0.750. The number of carbonyl (C=O) groups is 1. The van der Waals surface area contributed by atoms with Crippen molar-refractivity contribution in [2.24, 2.45) is 5.92 Å². The molecule has 0 radical (unpaired) electrons. The Labute approximate surface area is 91.3 Å². The summed E-state index contributed by atoms with van der Waals surface area (Å²) in [6.07, 6.45) is 0.539. The van der Waals surface area contributed by atoms with Gasteiger partial charge in [-0.3, -0.25) is 19.9 Å². The molecule has 1 fully saturated rings. The van der Waals surface area contributed by atoms with Gasteiger partial charge in [-0.05, 0) is 23.9 Å². The monoisotopic (exact) mass is 230 g/mol. The van der Waals surface area contributed by atoms with Gasteiger partial charge in [0.25, 0.3) is 0 Å². The van der Waals surface area contributed by atoms with Crippen molar-refractivity contribution in [3.05, 3.63) is 4.77 Å². The first kappa shape index (κ1) is 9.72. The Kier molecular flexibility index (Phi) is 2.60. The fraction of sp³-hybridized carbons (Fsp3) is 0.571. The van der Waals surface area contributed by atoms with Crippen LogP contribution < -0.4 is 4.90 Å². The van der Waals surface area contributed by atoms with E-state index >= 15 is 0 Å². The van der Waals surface area contributed by atoms with E-state index in [0.717, 1.165) is 0 Å². The van der Waals surface area contributed by atoms with Crippen molar-refractivity contribution in [2.45, 2.75) is 6.42 Å². The fourth-order valence-corrected chi connectivity index (χ4v) is 1.88. The number of anilines is 1. The van der Waals surface area contributed by atoms with Crippen molar-refractivity contribution < 1.29 is 4.79 Å². The van der Waals surface area contributed by atoms with Gasteiger partial charge in [0.2, 0.25) is 16.6 Å². The van der Waals surface area contributed by atoms with Crippen LogP contribution in [0.2, 0.25) is 0 Å². The molecule has 1 saturated heterocycles. The zero-order valence-corrected chi connectivity index (χ0v) is 9.07. The van der Waals surface area contributed by atoms with E-state index in [-0.39, 0.29) is 5.91 Å². The van der Waals surface area contributed by atoms with E-state index in [9.17, 15) is 4.79 Å². The Morgan fingerprint density at radius 1 is 1.64 bits per heavy atom. The highest BCUT2D eigenvalue weighted by Gasteiger charge is 2.31. The molecule has 7 heteroatoms. The number of carbonyl (C=O) groups excluding carboxylic acids is 1. The van der Waals surface area contributed by atoms with Crippen molar-refractivity contribution in [1.29, 1.82) is 0 Å². The SMILES string of the molecule is O=C1CC(CS)CN1c1nc(=S)[nH][nH]1. The number of rotatable bonds is 2. The molecular weight excluding hydrogens is 220 g/mol. The maximum atomic E-state index is 11.5. The Hall–Kier alpha value is -0.820. The first-order valence-electron chi connectivity index (χ1n) is 4.26. The van der Waals surface area contributed by atoms with Gasteiger partial charge in [-0.1, -0.05) is 0 Å². The van der Waals surface area contributed by atoms with E-state index in [1.54, 1.807) is 4.90 Å². The lowest BCUT2D eigenvalue weighted by molar-refractivity contribution is -0.117. The maximum Gasteiger partial charge on any atom is 0.229 e. The summed E-state index contributed by atoms with van der Waals surface area (Å²) in [5.74, 6) is 1.60. The number of amides is 1. The molecule has 0 spiro atoms. The molecule has 1 aromatic rings. The molecule has 0 bridgehead atoms. The van der Waals surface area contributed by atoms with Crippen LogP contribution >= 0.6 is 24.8 Å². The first-order chi connectivity index (χ1) is 6.70. The summed E-state index contributed by atoms with van der Waals surface area (Å²) in [5, 5.41) is 5.43. The molecule has 2 heterocycles. The summed E-state index contributed by atoms with van der Waals surface area (Å²) in [6.45, 7) is 0.665. The van der Waals surface area contributed by atoms with E-state index in [1.165, 1.54) is 0 Å². The van der Waals surface area contributed by atoms with Crippen molar-refractivity contribution in [2.75, 3.05) is 17.2 Å². The number of H-pyrrole nitrogens is 2. The van der Waals surface area contributed by atoms with Gasteiger partial charge in [-0.25, -0.2) is 0 Å². The van der Waals surface area contributed by atoms with Crippen molar-refractivity contribution in [1.82, 2.24) is 15.2 Å². The zero-order valence-electron chi connectivity index (χ0n) is 7.36. The minimum atomic E-state index is 0.0711. The molecule has 14 heavy (non-hydrogen) atoms. The molecule has 0 aliphatic carbocycles. The standard InChI is InChI=1S/C7H10N4OS2/c12-5-1-4(3-13)2-11(5)6-8-7(14)10-9-6/h4,13H,1-3H2,(H2,8,9,10,14). The molecule has 1 aliphatic heterocycles. The summed E-state index contributed by atoms with van der Waals surface area (Å²) in [6, 6.07) is 0. The van der Waals surface area contributed by atoms with Crippen LogP contribution in [-0.4, -0.2) is 33.4 Å². The first-order valence-corrected chi connectivity index (χ1v) is 5.30. The molecule has 2 N–H and O–H groups in total. The average molecular weight is 230 g/mol. The Bertz CT molecular complexity index is 398. The average Bonchev–Trinajstić information content (AvgIpc) is 2.71. The molecule has 1 amide bonds. The fourth-order valence-electron chi connectivity index (χ4n) is 1.50. The minimum Gasteiger partial charge on any atom is -0.281 e. The van der Waals surface area contributed by atoms with E-state index in [4.69, 9.17) is 12.2 Å². The Morgan fingerprint density at radius 2 is 2.43 bits per heavy atom. The second-order valence-corrected chi connectivity index (χ2v) is 4.00. The second kappa shape index (κ2) is 3.74. The molecule has 1 aromatic heterocycles. The van der Waals surface area contributed by atoms with Gasteiger partial charge in [0.1, 0.15) is 0 Å². The van der Waals surface area contributed by atoms with Crippen LogP contribution in [0.15, 0.2) is 0 Å². The molecule has 1 unspecified atom stereocenters. The quantitative estimate of drug-likeness (QED) is 0.519. The summed E-state index contributed by atoms with van der Waals surface area (Å²) in [7, 11) is 0. The van der Waals surface area contributed by atoms with Gasteiger partial charge >= 0.3 is 0 Å². The van der Waals surface area contributed by atoms with Gasteiger partial charge in [-0.2, -0.15) is 17.6 Å². The van der Waals surface area contributed by atoms with E-state index in [1.807, 2.05) is 0 Å². The van der Waals surface area contributed by atoms with Gasteiger partial charge in [0.05, 0.1) is 0 Å². The molecule has 0 aromatic carbocycles. The highest BCUT2D eigenvalue weighted by molar-refractivity contribution is 7.80. The van der Waals surface area contributed by atoms with Crippen molar-refractivity contribution in [3.63, 3.8) is 0 Å². The summed E-state index contributed by atoms with van der Waals surface area (Å²) >= 11 is 8.99. The van der Waals surface area contributed by atoms with Gasteiger partial charge in [0, 0.05) is 13.0 Å². The highest BCUT2D eigenvalue weighted by atomic mass is 32.1. The molecule has 1 atom stereocenters. The highest BCUT2D eigenvalue weighted by Crippen LogP contribution is 2.22. The lowest BCUT2D eigenvalue weighted by Crippen LogP contribution is -2.25. The molecule has 1 aliphatic rings. The largest absolute Gasteiger partial charge is 0.281 e. The Morgan fingerprint density at radius 3 is 2.93 bits per heavy atom. The predicted molar refractivity (Wildman–Crippen MR) is 58.1 cm³/mol. The minimum absolute atomic E-state index is 0.0711. The summed E-state index contributed by atoms with van der Waals surface area (Å²) < 4.78 is 0.363. The summed E-state index contributed by atoms with van der Waals surface area (Å²) in [5.41, 5.74) is 0. The van der Waals surface area contributed by atoms with Crippen LogP contribution in [0.3, 0.4) is 0 Å². The van der Waals surface area contributed by atoms with Crippen LogP contribution in [0.5, 0.6) is 0 Å². The second-order valence-electron chi connectivity index (χ2n) is 3.25. The van der Waals surface area contributed by atoms with E-state index in [0.29, 0.717) is 35.4 Å². The van der Waals surface area contributed by atoms with Crippen LogP contribution in [0.1, 0.15) is 6.42 Å². The topological polar surface area (TPSA) is 64.8 Å². The van der Waals surface area contributed by atoms with Gasteiger partial charge < -0.3 is 0 Å². The number of thiol groups is 1. The number of hydrogen-bond acceptors (Lipinski definition) is 4. The van der Waals surface area contributed by atoms with Gasteiger partial charge in [-0.15, -0.1) is 0 Å².